The second kappa shape index (κ2) is 5.79. The van der Waals surface area contributed by atoms with Gasteiger partial charge in [0.15, 0.2) is 0 Å². The first-order chi connectivity index (χ1) is 8.88. The van der Waals surface area contributed by atoms with Gasteiger partial charge in [-0.15, -0.1) is 0 Å². The molecule has 106 valence electrons. The number of rotatable bonds is 3. The number of hydrogen-bond acceptors (Lipinski definition) is 3. The largest absolute Gasteiger partial charge is 0.393 e. The standard InChI is InChI=1S/C13H18ClNO3S/c1-9-5-6-10(14)7-13(9)19(17,18)15-11-3-2-4-12(16)8-11/h5-7,11-12,15-16H,2-4,8H2,1H3/t11-,12-/m1/s1. The van der Waals surface area contributed by atoms with Gasteiger partial charge in [0.2, 0.25) is 10.0 Å². The topological polar surface area (TPSA) is 66.4 Å². The second-order valence-corrected chi connectivity index (χ2v) is 7.17. The Balaban J connectivity index is 2.20. The van der Waals surface area contributed by atoms with Gasteiger partial charge in [0.05, 0.1) is 11.0 Å². The van der Waals surface area contributed by atoms with Crippen LogP contribution < -0.4 is 4.72 Å². The van der Waals surface area contributed by atoms with Crippen molar-refractivity contribution >= 4 is 21.6 Å². The minimum Gasteiger partial charge on any atom is -0.393 e. The first kappa shape index (κ1) is 14.8. The van der Waals surface area contributed by atoms with E-state index in [9.17, 15) is 13.5 Å². The van der Waals surface area contributed by atoms with Gasteiger partial charge >= 0.3 is 0 Å². The SMILES string of the molecule is Cc1ccc(Cl)cc1S(=O)(=O)N[C@@H]1CCC[C@@H](O)C1. The van der Waals surface area contributed by atoms with Gasteiger partial charge in [0, 0.05) is 11.1 Å². The average Bonchev–Trinajstić information content (AvgIpc) is 2.31. The van der Waals surface area contributed by atoms with E-state index in [2.05, 4.69) is 4.72 Å². The van der Waals surface area contributed by atoms with Crippen LogP contribution in [0.5, 0.6) is 0 Å². The number of aliphatic hydroxyl groups is 1. The Morgan fingerprint density at radius 1 is 1.37 bits per heavy atom. The smallest absolute Gasteiger partial charge is 0.241 e. The molecule has 2 N–H and O–H groups in total. The average molecular weight is 304 g/mol. The van der Waals surface area contributed by atoms with Crippen LogP contribution in [0.4, 0.5) is 0 Å². The monoisotopic (exact) mass is 303 g/mol. The highest BCUT2D eigenvalue weighted by molar-refractivity contribution is 7.89. The van der Waals surface area contributed by atoms with Crippen molar-refractivity contribution in [2.75, 3.05) is 0 Å². The van der Waals surface area contributed by atoms with E-state index in [1.165, 1.54) is 6.07 Å². The lowest BCUT2D eigenvalue weighted by atomic mass is 9.94. The zero-order valence-corrected chi connectivity index (χ0v) is 12.3. The minimum absolute atomic E-state index is 0.202. The number of benzene rings is 1. The van der Waals surface area contributed by atoms with E-state index < -0.39 is 16.1 Å². The van der Waals surface area contributed by atoms with Crippen LogP contribution in [0, 0.1) is 6.92 Å². The summed E-state index contributed by atoms with van der Waals surface area (Å²) in [6, 6.07) is 4.61. The highest BCUT2D eigenvalue weighted by Gasteiger charge is 2.26. The van der Waals surface area contributed by atoms with Gasteiger partial charge < -0.3 is 5.11 Å². The summed E-state index contributed by atoms with van der Waals surface area (Å²) >= 11 is 5.86. The Bertz CT molecular complexity index is 559. The molecule has 0 amide bonds. The number of aliphatic hydroxyl groups excluding tert-OH is 1. The molecule has 0 spiro atoms. The van der Waals surface area contributed by atoms with Crippen LogP contribution in [0.15, 0.2) is 23.1 Å². The van der Waals surface area contributed by atoms with Crippen molar-refractivity contribution in [3.05, 3.63) is 28.8 Å². The Hall–Kier alpha value is -0.620. The van der Waals surface area contributed by atoms with Crippen LogP contribution in [-0.4, -0.2) is 25.7 Å². The molecule has 1 aliphatic rings. The molecule has 1 saturated carbocycles. The van der Waals surface area contributed by atoms with Gasteiger partial charge in [-0.2, -0.15) is 0 Å². The van der Waals surface area contributed by atoms with Crippen LogP contribution in [0.3, 0.4) is 0 Å². The number of halogens is 1. The van der Waals surface area contributed by atoms with Gasteiger partial charge in [0.1, 0.15) is 0 Å². The molecule has 0 saturated heterocycles. The highest BCUT2D eigenvalue weighted by Crippen LogP contribution is 2.23. The van der Waals surface area contributed by atoms with E-state index in [1.54, 1.807) is 19.1 Å². The van der Waals surface area contributed by atoms with Crippen molar-refractivity contribution in [3.8, 4) is 0 Å². The van der Waals surface area contributed by atoms with Crippen LogP contribution in [0.2, 0.25) is 5.02 Å². The van der Waals surface area contributed by atoms with Gasteiger partial charge in [-0.05, 0) is 50.3 Å². The molecule has 1 aliphatic carbocycles. The lowest BCUT2D eigenvalue weighted by Crippen LogP contribution is -2.39. The third-order valence-corrected chi connectivity index (χ3v) is 5.31. The van der Waals surface area contributed by atoms with E-state index >= 15 is 0 Å². The van der Waals surface area contributed by atoms with Gasteiger partial charge in [0.25, 0.3) is 0 Å². The van der Waals surface area contributed by atoms with Crippen molar-refractivity contribution < 1.29 is 13.5 Å². The first-order valence-corrected chi connectivity index (χ1v) is 8.21. The molecule has 2 rings (SSSR count). The molecule has 19 heavy (non-hydrogen) atoms. The summed E-state index contributed by atoms with van der Waals surface area (Å²) in [5, 5.41) is 9.99. The molecule has 6 heteroatoms. The zero-order chi connectivity index (χ0) is 14.0. The normalized spacial score (nSPS) is 24.4. The van der Waals surface area contributed by atoms with Crippen molar-refractivity contribution in [1.29, 1.82) is 0 Å². The molecule has 0 radical (unpaired) electrons. The van der Waals surface area contributed by atoms with Crippen LogP contribution in [0.25, 0.3) is 0 Å². The fourth-order valence-electron chi connectivity index (χ4n) is 2.42. The Kier molecular flexibility index (Phi) is 4.50. The number of sulfonamides is 1. The van der Waals surface area contributed by atoms with E-state index in [-0.39, 0.29) is 10.9 Å². The van der Waals surface area contributed by atoms with Crippen LogP contribution >= 0.6 is 11.6 Å². The third-order valence-electron chi connectivity index (χ3n) is 3.41. The Morgan fingerprint density at radius 3 is 2.79 bits per heavy atom. The second-order valence-electron chi connectivity index (χ2n) is 5.05. The molecule has 0 bridgehead atoms. The Morgan fingerprint density at radius 2 is 2.11 bits per heavy atom. The van der Waals surface area contributed by atoms with Crippen molar-refractivity contribution in [2.24, 2.45) is 0 Å². The predicted octanol–water partition coefficient (Wildman–Crippen LogP) is 2.23. The Labute approximate surface area is 118 Å². The summed E-state index contributed by atoms with van der Waals surface area (Å²) < 4.78 is 27.3. The molecule has 2 atom stereocenters. The maximum absolute atomic E-state index is 12.3. The number of nitrogens with one attached hydrogen (secondary N) is 1. The highest BCUT2D eigenvalue weighted by atomic mass is 35.5. The van der Waals surface area contributed by atoms with Gasteiger partial charge in [-0.1, -0.05) is 17.7 Å². The number of aryl methyl sites for hydroxylation is 1. The summed E-state index contributed by atoms with van der Waals surface area (Å²) in [7, 11) is -3.58. The van der Waals surface area contributed by atoms with E-state index in [0.29, 0.717) is 17.0 Å². The summed E-state index contributed by atoms with van der Waals surface area (Å²) in [5.41, 5.74) is 0.660. The molecular formula is C13H18ClNO3S. The maximum atomic E-state index is 12.3. The molecule has 1 fully saturated rings. The molecule has 0 aliphatic heterocycles. The molecule has 0 unspecified atom stereocenters. The van der Waals surface area contributed by atoms with E-state index in [0.717, 1.165) is 19.3 Å². The first-order valence-electron chi connectivity index (χ1n) is 6.35. The summed E-state index contributed by atoms with van der Waals surface area (Å²) in [6.45, 7) is 1.74. The van der Waals surface area contributed by atoms with Crippen molar-refractivity contribution in [1.82, 2.24) is 4.72 Å². The van der Waals surface area contributed by atoms with Gasteiger partial charge in [-0.25, -0.2) is 13.1 Å². The summed E-state index contributed by atoms with van der Waals surface area (Å²) in [4.78, 5) is 0.208. The van der Waals surface area contributed by atoms with Gasteiger partial charge in [-0.3, -0.25) is 0 Å². The zero-order valence-electron chi connectivity index (χ0n) is 10.8. The molecule has 0 heterocycles. The van der Waals surface area contributed by atoms with Crippen LogP contribution in [-0.2, 0) is 10.0 Å². The lowest BCUT2D eigenvalue weighted by molar-refractivity contribution is 0.117. The molecule has 4 nitrogen and oxygen atoms in total. The van der Waals surface area contributed by atoms with Crippen molar-refractivity contribution in [2.45, 2.75) is 49.6 Å². The van der Waals surface area contributed by atoms with Crippen molar-refractivity contribution in [3.63, 3.8) is 0 Å². The third kappa shape index (κ3) is 3.69. The summed E-state index contributed by atoms with van der Waals surface area (Å²) in [6.07, 6.45) is 2.40. The van der Waals surface area contributed by atoms with Crippen LogP contribution in [0.1, 0.15) is 31.2 Å². The van der Waals surface area contributed by atoms with E-state index in [1.807, 2.05) is 0 Å². The predicted molar refractivity (Wildman–Crippen MR) is 74.8 cm³/mol. The fraction of sp³-hybridized carbons (Fsp3) is 0.538. The molecule has 1 aromatic carbocycles. The molecule has 1 aromatic rings. The fourth-order valence-corrected chi connectivity index (χ4v) is 4.21. The lowest BCUT2D eigenvalue weighted by Gasteiger charge is -2.26. The molecular weight excluding hydrogens is 286 g/mol. The maximum Gasteiger partial charge on any atom is 0.241 e. The quantitative estimate of drug-likeness (QED) is 0.900. The number of hydrogen-bond donors (Lipinski definition) is 2. The summed E-state index contributed by atoms with van der Waals surface area (Å²) in [5.74, 6) is 0. The molecule has 0 aromatic heterocycles. The minimum atomic E-state index is -3.58. The van der Waals surface area contributed by atoms with E-state index in [4.69, 9.17) is 11.6 Å².